The number of carbonyl (C=O) groups excluding carboxylic acids is 1. The van der Waals surface area contributed by atoms with Gasteiger partial charge in [-0.15, -0.1) is 0 Å². The maximum absolute atomic E-state index is 11.1. The van der Waals surface area contributed by atoms with Crippen molar-refractivity contribution in [1.29, 1.82) is 5.26 Å². The normalized spacial score (nSPS) is 27.7. The van der Waals surface area contributed by atoms with Crippen molar-refractivity contribution in [2.75, 3.05) is 6.61 Å². The fourth-order valence-corrected chi connectivity index (χ4v) is 1.99. The Kier molecular flexibility index (Phi) is 5.64. The lowest BCUT2D eigenvalue weighted by Gasteiger charge is -2.27. The fourth-order valence-electron chi connectivity index (χ4n) is 1.61. The second kappa shape index (κ2) is 7.02. The molecule has 3 unspecified atom stereocenters. The smallest absolute Gasteiger partial charge is 0.332 e. The van der Waals surface area contributed by atoms with Crippen molar-refractivity contribution in [2.45, 2.75) is 24.6 Å². The van der Waals surface area contributed by atoms with Crippen LogP contribution >= 0.6 is 12.6 Å². The number of thiol groups is 1. The molecule has 0 saturated heterocycles. The van der Waals surface area contributed by atoms with Crippen LogP contribution in [0, 0.1) is 17.2 Å². The summed E-state index contributed by atoms with van der Waals surface area (Å²) in [6.07, 6.45) is 7.54. The number of esters is 1. The Labute approximate surface area is 107 Å². The molecular weight excluding hydrogens is 236 g/mol. The molecule has 1 aliphatic carbocycles. The van der Waals surface area contributed by atoms with Crippen molar-refractivity contribution in [3.05, 3.63) is 24.4 Å². The summed E-state index contributed by atoms with van der Waals surface area (Å²) in [4.78, 5) is 11.1. The lowest BCUT2D eigenvalue weighted by atomic mass is 9.90. The number of rotatable bonds is 4. The zero-order valence-electron chi connectivity index (χ0n) is 9.67. The maximum atomic E-state index is 11.1. The molecule has 17 heavy (non-hydrogen) atoms. The molecule has 0 amide bonds. The van der Waals surface area contributed by atoms with Crippen LogP contribution in [0.2, 0.25) is 0 Å². The zero-order valence-corrected chi connectivity index (χ0v) is 10.6. The van der Waals surface area contributed by atoms with Crippen LogP contribution < -0.4 is 5.32 Å². The molecule has 0 aromatic heterocycles. The summed E-state index contributed by atoms with van der Waals surface area (Å²) in [5, 5.41) is 12.1. The number of hydrogen-bond acceptors (Lipinski definition) is 5. The van der Waals surface area contributed by atoms with E-state index in [1.165, 1.54) is 12.3 Å². The van der Waals surface area contributed by atoms with Gasteiger partial charge in [-0.3, -0.25) is 0 Å². The van der Waals surface area contributed by atoms with Gasteiger partial charge < -0.3 is 10.1 Å². The highest BCUT2D eigenvalue weighted by Gasteiger charge is 2.27. The molecule has 3 atom stereocenters. The van der Waals surface area contributed by atoms with Crippen LogP contribution in [0.25, 0.3) is 0 Å². The van der Waals surface area contributed by atoms with Crippen LogP contribution in [0.15, 0.2) is 24.4 Å². The summed E-state index contributed by atoms with van der Waals surface area (Å²) in [6, 6.07) is 2.12. The number of carbonyl (C=O) groups is 1. The SMILES string of the molecule is CCOC(=O)/C=C/NC1C=CCC(S)C1C#N. The summed E-state index contributed by atoms with van der Waals surface area (Å²) < 4.78 is 4.74. The van der Waals surface area contributed by atoms with Gasteiger partial charge in [0.05, 0.1) is 24.6 Å². The molecule has 1 rings (SSSR count). The molecule has 1 N–H and O–H groups in total. The van der Waals surface area contributed by atoms with Crippen molar-refractivity contribution in [3.8, 4) is 6.07 Å². The van der Waals surface area contributed by atoms with Gasteiger partial charge in [0.25, 0.3) is 0 Å². The van der Waals surface area contributed by atoms with E-state index in [-0.39, 0.29) is 17.2 Å². The Balaban J connectivity index is 2.51. The topological polar surface area (TPSA) is 62.1 Å². The largest absolute Gasteiger partial charge is 0.463 e. The van der Waals surface area contributed by atoms with Crippen LogP contribution in [-0.2, 0) is 9.53 Å². The van der Waals surface area contributed by atoms with Gasteiger partial charge in [0.2, 0.25) is 0 Å². The predicted molar refractivity (Wildman–Crippen MR) is 68.3 cm³/mol. The van der Waals surface area contributed by atoms with E-state index in [2.05, 4.69) is 24.0 Å². The van der Waals surface area contributed by atoms with E-state index in [0.29, 0.717) is 6.61 Å². The molecular formula is C12H16N2O2S. The lowest BCUT2D eigenvalue weighted by Crippen LogP contribution is -2.37. The second-order valence-electron chi connectivity index (χ2n) is 3.66. The van der Waals surface area contributed by atoms with E-state index >= 15 is 0 Å². The summed E-state index contributed by atoms with van der Waals surface area (Å²) in [5.41, 5.74) is 0. The molecule has 0 saturated carbocycles. The molecule has 0 bridgehead atoms. The van der Waals surface area contributed by atoms with E-state index in [1.54, 1.807) is 6.92 Å². The number of nitrogens with zero attached hydrogens (tertiary/aromatic N) is 1. The van der Waals surface area contributed by atoms with Crippen LogP contribution in [0.1, 0.15) is 13.3 Å². The third-order valence-electron chi connectivity index (χ3n) is 2.47. The molecule has 0 radical (unpaired) electrons. The molecule has 0 fully saturated rings. The molecule has 0 heterocycles. The van der Waals surface area contributed by atoms with Gasteiger partial charge in [-0.05, 0) is 13.3 Å². The standard InChI is InChI=1S/C12H16N2O2S/c1-2-16-12(15)6-7-14-10-4-3-5-11(17)9(10)8-13/h3-4,6-7,9-11,14,17H,2,5H2,1H3/b7-6+. The summed E-state index contributed by atoms with van der Waals surface area (Å²) in [5.74, 6) is -0.592. The first-order valence-corrected chi connectivity index (χ1v) is 6.04. The van der Waals surface area contributed by atoms with Gasteiger partial charge in [-0.25, -0.2) is 4.79 Å². The highest BCUT2D eigenvalue weighted by Crippen LogP contribution is 2.23. The average molecular weight is 252 g/mol. The van der Waals surface area contributed by atoms with Gasteiger partial charge in [0.1, 0.15) is 0 Å². The van der Waals surface area contributed by atoms with E-state index < -0.39 is 5.97 Å². The number of hydrogen-bond donors (Lipinski definition) is 2. The molecule has 0 aromatic rings. The van der Waals surface area contributed by atoms with Gasteiger partial charge in [0.15, 0.2) is 0 Å². The Morgan fingerprint density at radius 3 is 3.18 bits per heavy atom. The highest BCUT2D eigenvalue weighted by molar-refractivity contribution is 7.81. The molecule has 4 nitrogen and oxygen atoms in total. The van der Waals surface area contributed by atoms with Crippen LogP contribution in [0.3, 0.4) is 0 Å². The number of nitrogens with one attached hydrogen (secondary N) is 1. The van der Waals surface area contributed by atoms with E-state index in [0.717, 1.165) is 6.42 Å². The quantitative estimate of drug-likeness (QED) is 0.344. The van der Waals surface area contributed by atoms with Gasteiger partial charge >= 0.3 is 5.97 Å². The van der Waals surface area contributed by atoms with E-state index in [1.807, 2.05) is 12.2 Å². The first kappa shape index (κ1) is 13.7. The lowest BCUT2D eigenvalue weighted by molar-refractivity contribution is -0.137. The number of ether oxygens (including phenoxy) is 1. The Bertz CT molecular complexity index is 360. The first-order valence-electron chi connectivity index (χ1n) is 5.52. The van der Waals surface area contributed by atoms with Crippen molar-refractivity contribution in [2.24, 2.45) is 5.92 Å². The highest BCUT2D eigenvalue weighted by atomic mass is 32.1. The first-order chi connectivity index (χ1) is 8.19. The van der Waals surface area contributed by atoms with Crippen molar-refractivity contribution < 1.29 is 9.53 Å². The number of allylic oxidation sites excluding steroid dienone is 1. The molecule has 0 spiro atoms. The maximum Gasteiger partial charge on any atom is 0.332 e. The Morgan fingerprint density at radius 2 is 2.53 bits per heavy atom. The molecule has 0 aromatic carbocycles. The van der Waals surface area contributed by atoms with Crippen molar-refractivity contribution in [1.82, 2.24) is 5.32 Å². The van der Waals surface area contributed by atoms with E-state index in [9.17, 15) is 4.79 Å². The van der Waals surface area contributed by atoms with Crippen LogP contribution in [0.4, 0.5) is 0 Å². The van der Waals surface area contributed by atoms with Gasteiger partial charge in [-0.1, -0.05) is 12.2 Å². The molecule has 0 aliphatic heterocycles. The Hall–Kier alpha value is -1.41. The van der Waals surface area contributed by atoms with Gasteiger partial charge in [0, 0.05) is 17.5 Å². The molecule has 5 heteroatoms. The number of nitriles is 1. The molecule has 1 aliphatic rings. The van der Waals surface area contributed by atoms with Crippen molar-refractivity contribution >= 4 is 18.6 Å². The minimum atomic E-state index is -0.393. The summed E-state index contributed by atoms with van der Waals surface area (Å²) in [6.45, 7) is 2.10. The second-order valence-corrected chi connectivity index (χ2v) is 4.33. The third kappa shape index (κ3) is 4.16. The third-order valence-corrected chi connectivity index (χ3v) is 3.00. The summed E-state index contributed by atoms with van der Waals surface area (Å²) in [7, 11) is 0. The minimum Gasteiger partial charge on any atom is -0.463 e. The molecule has 92 valence electrons. The van der Waals surface area contributed by atoms with Crippen LogP contribution in [0.5, 0.6) is 0 Å². The van der Waals surface area contributed by atoms with Crippen molar-refractivity contribution in [3.63, 3.8) is 0 Å². The Morgan fingerprint density at radius 1 is 1.76 bits per heavy atom. The van der Waals surface area contributed by atoms with Gasteiger partial charge in [-0.2, -0.15) is 17.9 Å². The monoisotopic (exact) mass is 252 g/mol. The predicted octanol–water partition coefficient (Wildman–Crippen LogP) is 1.42. The minimum absolute atomic E-state index is 0.0264. The average Bonchev–Trinajstić information content (AvgIpc) is 2.29. The zero-order chi connectivity index (χ0) is 12.7. The van der Waals surface area contributed by atoms with Crippen LogP contribution in [-0.4, -0.2) is 23.9 Å². The summed E-state index contributed by atoms with van der Waals surface area (Å²) >= 11 is 4.36. The van der Waals surface area contributed by atoms with E-state index in [4.69, 9.17) is 10.00 Å². The fraction of sp³-hybridized carbons (Fsp3) is 0.500.